The maximum atomic E-state index is 12.1. The molecule has 0 radical (unpaired) electrons. The molecule has 0 aliphatic heterocycles. The van der Waals surface area contributed by atoms with Crippen LogP contribution >= 0.6 is 0 Å². The van der Waals surface area contributed by atoms with Gasteiger partial charge in [-0.15, -0.1) is 0 Å². The van der Waals surface area contributed by atoms with Crippen LogP contribution in [0.15, 0.2) is 24.3 Å². The Morgan fingerprint density at radius 2 is 1.75 bits per heavy atom. The van der Waals surface area contributed by atoms with Crippen molar-refractivity contribution in [2.45, 2.75) is 45.6 Å². The van der Waals surface area contributed by atoms with Gasteiger partial charge in [0.25, 0.3) is 5.91 Å². The van der Waals surface area contributed by atoms with E-state index in [9.17, 15) is 9.59 Å². The van der Waals surface area contributed by atoms with Crippen molar-refractivity contribution in [3.8, 4) is 0 Å². The third-order valence-corrected chi connectivity index (χ3v) is 3.21. The van der Waals surface area contributed by atoms with Crippen molar-refractivity contribution in [1.82, 2.24) is 5.32 Å². The van der Waals surface area contributed by atoms with E-state index in [4.69, 9.17) is 0 Å². The molecule has 0 spiro atoms. The van der Waals surface area contributed by atoms with Gasteiger partial charge in [-0.25, -0.2) is 4.79 Å². The molecule has 0 aliphatic rings. The first-order chi connectivity index (χ1) is 9.29. The van der Waals surface area contributed by atoms with Crippen LogP contribution in [0.2, 0.25) is 0 Å². The van der Waals surface area contributed by atoms with E-state index in [1.165, 1.54) is 7.11 Å². The molecule has 0 aliphatic carbocycles. The molecule has 4 heteroatoms. The molecule has 1 aromatic carbocycles. The molecule has 110 valence electrons. The normalized spacial score (nSPS) is 12.7. The number of rotatable bonds is 4. The second-order valence-corrected chi connectivity index (χ2v) is 5.78. The van der Waals surface area contributed by atoms with Crippen molar-refractivity contribution >= 4 is 11.9 Å². The average molecular weight is 277 g/mol. The SMILES string of the molecule is CC[C@@H](NC(=O)c1ccc(C(C)(C)C)cc1)C(=O)OC. The van der Waals surface area contributed by atoms with Crippen LogP contribution < -0.4 is 5.32 Å². The van der Waals surface area contributed by atoms with Crippen molar-refractivity contribution in [3.05, 3.63) is 35.4 Å². The summed E-state index contributed by atoms with van der Waals surface area (Å²) in [5.41, 5.74) is 1.75. The number of carbonyl (C=O) groups is 2. The first-order valence-electron chi connectivity index (χ1n) is 6.78. The molecule has 0 heterocycles. The first-order valence-corrected chi connectivity index (χ1v) is 6.78. The minimum Gasteiger partial charge on any atom is -0.467 e. The number of ether oxygens (including phenoxy) is 1. The Morgan fingerprint density at radius 1 is 1.20 bits per heavy atom. The zero-order valence-corrected chi connectivity index (χ0v) is 12.8. The van der Waals surface area contributed by atoms with E-state index in [0.717, 1.165) is 5.56 Å². The largest absolute Gasteiger partial charge is 0.467 e. The maximum absolute atomic E-state index is 12.1. The average Bonchev–Trinajstić information content (AvgIpc) is 2.42. The predicted molar refractivity (Wildman–Crippen MR) is 78.7 cm³/mol. The number of esters is 1. The lowest BCUT2D eigenvalue weighted by molar-refractivity contribution is -0.142. The third kappa shape index (κ3) is 4.08. The fraction of sp³-hybridized carbons (Fsp3) is 0.500. The van der Waals surface area contributed by atoms with Gasteiger partial charge in [0, 0.05) is 5.56 Å². The summed E-state index contributed by atoms with van der Waals surface area (Å²) in [4.78, 5) is 23.5. The van der Waals surface area contributed by atoms with E-state index in [1.807, 2.05) is 19.1 Å². The van der Waals surface area contributed by atoms with Crippen molar-refractivity contribution < 1.29 is 14.3 Å². The van der Waals surface area contributed by atoms with Gasteiger partial charge >= 0.3 is 5.97 Å². The fourth-order valence-corrected chi connectivity index (χ4v) is 1.83. The molecule has 0 unspecified atom stereocenters. The van der Waals surface area contributed by atoms with Gasteiger partial charge in [0.2, 0.25) is 0 Å². The van der Waals surface area contributed by atoms with Gasteiger partial charge < -0.3 is 10.1 Å². The Hall–Kier alpha value is -1.84. The molecule has 1 amide bonds. The van der Waals surface area contributed by atoms with Gasteiger partial charge in [-0.3, -0.25) is 4.79 Å². The molecule has 1 atom stereocenters. The summed E-state index contributed by atoms with van der Waals surface area (Å²) >= 11 is 0. The number of hydrogen-bond acceptors (Lipinski definition) is 3. The maximum Gasteiger partial charge on any atom is 0.328 e. The van der Waals surface area contributed by atoms with E-state index in [-0.39, 0.29) is 11.3 Å². The lowest BCUT2D eigenvalue weighted by atomic mass is 9.86. The van der Waals surface area contributed by atoms with Gasteiger partial charge in [0.1, 0.15) is 6.04 Å². The summed E-state index contributed by atoms with van der Waals surface area (Å²) < 4.78 is 4.65. The van der Waals surface area contributed by atoms with Crippen LogP contribution in [0.5, 0.6) is 0 Å². The Labute approximate surface area is 120 Å². The minimum absolute atomic E-state index is 0.0486. The Balaban J connectivity index is 2.80. The van der Waals surface area contributed by atoms with Gasteiger partial charge in [-0.05, 0) is 29.5 Å². The zero-order chi connectivity index (χ0) is 15.3. The molecular formula is C16H23NO3. The third-order valence-electron chi connectivity index (χ3n) is 3.21. The van der Waals surface area contributed by atoms with Crippen LogP contribution in [0.3, 0.4) is 0 Å². The van der Waals surface area contributed by atoms with E-state index in [0.29, 0.717) is 12.0 Å². The summed E-state index contributed by atoms with van der Waals surface area (Å²) in [7, 11) is 1.31. The number of methoxy groups -OCH3 is 1. The van der Waals surface area contributed by atoms with E-state index < -0.39 is 12.0 Å². The molecule has 1 aromatic rings. The van der Waals surface area contributed by atoms with E-state index >= 15 is 0 Å². The summed E-state index contributed by atoms with van der Waals surface area (Å²) in [6, 6.07) is 6.83. The van der Waals surface area contributed by atoms with E-state index in [2.05, 4.69) is 30.8 Å². The topological polar surface area (TPSA) is 55.4 Å². The minimum atomic E-state index is -0.602. The van der Waals surface area contributed by atoms with Gasteiger partial charge in [0.05, 0.1) is 7.11 Å². The molecule has 1 rings (SSSR count). The second kappa shape index (κ2) is 6.55. The summed E-state index contributed by atoms with van der Waals surface area (Å²) in [6.45, 7) is 8.18. The number of amides is 1. The van der Waals surface area contributed by atoms with Crippen LogP contribution in [0.25, 0.3) is 0 Å². The number of nitrogens with one attached hydrogen (secondary N) is 1. The molecule has 0 aromatic heterocycles. The van der Waals surface area contributed by atoms with Crippen molar-refractivity contribution in [1.29, 1.82) is 0 Å². The van der Waals surface area contributed by atoms with Crippen LogP contribution in [0.4, 0.5) is 0 Å². The van der Waals surface area contributed by atoms with E-state index in [1.54, 1.807) is 12.1 Å². The molecule has 4 nitrogen and oxygen atoms in total. The monoisotopic (exact) mass is 277 g/mol. The highest BCUT2D eigenvalue weighted by Crippen LogP contribution is 2.22. The van der Waals surface area contributed by atoms with Gasteiger partial charge in [0.15, 0.2) is 0 Å². The second-order valence-electron chi connectivity index (χ2n) is 5.78. The number of hydrogen-bond donors (Lipinski definition) is 1. The number of benzene rings is 1. The van der Waals surface area contributed by atoms with Gasteiger partial charge in [-0.1, -0.05) is 39.8 Å². The van der Waals surface area contributed by atoms with Crippen LogP contribution in [-0.4, -0.2) is 25.0 Å². The molecule has 0 bridgehead atoms. The molecule has 0 fully saturated rings. The first kappa shape index (κ1) is 16.2. The molecule has 20 heavy (non-hydrogen) atoms. The Kier molecular flexibility index (Phi) is 5.31. The van der Waals surface area contributed by atoms with Crippen LogP contribution in [0.1, 0.15) is 50.0 Å². The van der Waals surface area contributed by atoms with Crippen molar-refractivity contribution in [2.75, 3.05) is 7.11 Å². The van der Waals surface area contributed by atoms with Crippen LogP contribution in [-0.2, 0) is 14.9 Å². The smallest absolute Gasteiger partial charge is 0.328 e. The zero-order valence-electron chi connectivity index (χ0n) is 12.8. The fourth-order valence-electron chi connectivity index (χ4n) is 1.83. The standard InChI is InChI=1S/C16H23NO3/c1-6-13(15(19)20-5)17-14(18)11-7-9-12(10-8-11)16(2,3)4/h7-10,13H,6H2,1-5H3,(H,17,18)/t13-/m1/s1. The number of carbonyl (C=O) groups excluding carboxylic acids is 2. The predicted octanol–water partition coefficient (Wildman–Crippen LogP) is 2.67. The van der Waals surface area contributed by atoms with Crippen molar-refractivity contribution in [3.63, 3.8) is 0 Å². The van der Waals surface area contributed by atoms with Crippen molar-refractivity contribution in [2.24, 2.45) is 0 Å². The quantitative estimate of drug-likeness (QED) is 0.861. The summed E-state index contributed by atoms with van der Waals surface area (Å²) in [5.74, 6) is -0.685. The highest BCUT2D eigenvalue weighted by atomic mass is 16.5. The van der Waals surface area contributed by atoms with Crippen LogP contribution in [0, 0.1) is 0 Å². The highest BCUT2D eigenvalue weighted by Gasteiger charge is 2.20. The summed E-state index contributed by atoms with van der Waals surface area (Å²) in [6.07, 6.45) is 0.499. The molecule has 1 N–H and O–H groups in total. The van der Waals surface area contributed by atoms with Gasteiger partial charge in [-0.2, -0.15) is 0 Å². The lowest BCUT2D eigenvalue weighted by Gasteiger charge is -2.19. The molecular weight excluding hydrogens is 254 g/mol. The molecule has 0 saturated carbocycles. The lowest BCUT2D eigenvalue weighted by Crippen LogP contribution is -2.41. The highest BCUT2D eigenvalue weighted by molar-refractivity contribution is 5.96. The Bertz CT molecular complexity index is 471. The summed E-state index contributed by atoms with van der Waals surface area (Å²) in [5, 5.41) is 2.68. The Morgan fingerprint density at radius 3 is 2.15 bits per heavy atom. The molecule has 0 saturated heterocycles.